The molecule has 1 nitrogen and oxygen atoms in total. The Kier molecular flexibility index (Phi) is 5.84. The van der Waals surface area contributed by atoms with Gasteiger partial charge in [-0.1, -0.05) is 25.5 Å². The molecule has 0 N–H and O–H groups in total. The van der Waals surface area contributed by atoms with Crippen molar-refractivity contribution in [2.45, 2.75) is 51.6 Å². The van der Waals surface area contributed by atoms with Gasteiger partial charge in [-0.15, -0.1) is 0 Å². The van der Waals surface area contributed by atoms with Crippen LogP contribution in [-0.4, -0.2) is 0 Å². The van der Waals surface area contributed by atoms with E-state index in [2.05, 4.69) is 6.92 Å². The molecule has 2 aromatic carbocycles. The van der Waals surface area contributed by atoms with Crippen molar-refractivity contribution in [3.63, 3.8) is 0 Å². The van der Waals surface area contributed by atoms with Gasteiger partial charge in [0.2, 0.25) is 0 Å². The van der Waals surface area contributed by atoms with Gasteiger partial charge in [0.1, 0.15) is 12.4 Å². The van der Waals surface area contributed by atoms with Gasteiger partial charge in [0.05, 0.1) is 0 Å². The number of hydrogen-bond acceptors (Lipinski definition) is 1. The predicted octanol–water partition coefficient (Wildman–Crippen LogP) is 6.51. The molecule has 0 saturated heterocycles. The van der Waals surface area contributed by atoms with E-state index in [-0.39, 0.29) is 12.2 Å². The SMILES string of the molecule is CC[C@H]1CC[C@H](c2ccc(OCc3cc(F)c(F)c(F)c3F)cc2)CC1. The van der Waals surface area contributed by atoms with Crippen molar-refractivity contribution in [2.75, 3.05) is 0 Å². The second-order valence-electron chi connectivity index (χ2n) is 6.94. The van der Waals surface area contributed by atoms with Crippen LogP contribution >= 0.6 is 0 Å². The van der Waals surface area contributed by atoms with Crippen LogP contribution < -0.4 is 4.74 Å². The van der Waals surface area contributed by atoms with Crippen LogP contribution in [-0.2, 0) is 6.61 Å². The van der Waals surface area contributed by atoms with Crippen molar-refractivity contribution in [1.29, 1.82) is 0 Å². The lowest BCUT2D eigenvalue weighted by Crippen LogP contribution is -2.12. The molecule has 26 heavy (non-hydrogen) atoms. The van der Waals surface area contributed by atoms with Gasteiger partial charge in [-0.2, -0.15) is 0 Å². The molecule has 0 aliphatic heterocycles. The third kappa shape index (κ3) is 4.02. The maximum Gasteiger partial charge on any atom is 0.197 e. The highest BCUT2D eigenvalue weighted by atomic mass is 19.2. The van der Waals surface area contributed by atoms with Crippen molar-refractivity contribution < 1.29 is 22.3 Å². The second kappa shape index (κ2) is 8.11. The molecule has 3 rings (SSSR count). The first kappa shape index (κ1) is 18.7. The summed E-state index contributed by atoms with van der Waals surface area (Å²) in [7, 11) is 0. The van der Waals surface area contributed by atoms with Crippen molar-refractivity contribution in [3.8, 4) is 5.75 Å². The maximum absolute atomic E-state index is 13.7. The van der Waals surface area contributed by atoms with E-state index in [0.717, 1.165) is 5.92 Å². The second-order valence-corrected chi connectivity index (χ2v) is 6.94. The fraction of sp³-hybridized carbons (Fsp3) is 0.429. The average Bonchev–Trinajstić information content (AvgIpc) is 2.68. The summed E-state index contributed by atoms with van der Waals surface area (Å²) < 4.78 is 58.5. The molecule has 1 saturated carbocycles. The number of rotatable bonds is 5. The lowest BCUT2D eigenvalue weighted by Gasteiger charge is -2.28. The minimum absolute atomic E-state index is 0.358. The van der Waals surface area contributed by atoms with Crippen LogP contribution in [0.25, 0.3) is 0 Å². The first-order chi connectivity index (χ1) is 12.5. The van der Waals surface area contributed by atoms with Gasteiger partial charge in [-0.25, -0.2) is 17.6 Å². The van der Waals surface area contributed by atoms with Crippen molar-refractivity contribution in [3.05, 3.63) is 64.7 Å². The van der Waals surface area contributed by atoms with Crippen LogP contribution in [0.5, 0.6) is 5.75 Å². The molecule has 0 heterocycles. The van der Waals surface area contributed by atoms with Gasteiger partial charge < -0.3 is 4.74 Å². The van der Waals surface area contributed by atoms with E-state index in [9.17, 15) is 17.6 Å². The van der Waals surface area contributed by atoms with Gasteiger partial charge in [0, 0.05) is 5.56 Å². The van der Waals surface area contributed by atoms with Gasteiger partial charge >= 0.3 is 0 Å². The Balaban J connectivity index is 1.62. The average molecular weight is 366 g/mol. The lowest BCUT2D eigenvalue weighted by atomic mass is 9.78. The van der Waals surface area contributed by atoms with Crippen molar-refractivity contribution in [2.24, 2.45) is 5.92 Å². The van der Waals surface area contributed by atoms with Crippen LogP contribution in [0.3, 0.4) is 0 Å². The Morgan fingerprint density at radius 3 is 2.15 bits per heavy atom. The molecule has 5 heteroatoms. The van der Waals surface area contributed by atoms with Crippen LogP contribution in [0.15, 0.2) is 30.3 Å². The smallest absolute Gasteiger partial charge is 0.197 e. The van der Waals surface area contributed by atoms with Gasteiger partial charge in [-0.05, 0) is 61.3 Å². The van der Waals surface area contributed by atoms with E-state index >= 15 is 0 Å². The zero-order valence-electron chi connectivity index (χ0n) is 14.7. The van der Waals surface area contributed by atoms with E-state index in [1.54, 1.807) is 12.1 Å². The Hall–Kier alpha value is -2.04. The molecule has 0 unspecified atom stereocenters. The van der Waals surface area contributed by atoms with E-state index in [4.69, 9.17) is 4.74 Å². The molecule has 1 fully saturated rings. The molecule has 1 aliphatic rings. The molecule has 0 aromatic heterocycles. The Labute approximate surface area is 151 Å². The molecule has 0 radical (unpaired) electrons. The normalized spacial score (nSPS) is 20.2. The zero-order valence-corrected chi connectivity index (χ0v) is 14.7. The van der Waals surface area contributed by atoms with E-state index < -0.39 is 23.3 Å². The lowest BCUT2D eigenvalue weighted by molar-refractivity contribution is 0.292. The Morgan fingerprint density at radius 1 is 0.885 bits per heavy atom. The summed E-state index contributed by atoms with van der Waals surface area (Å²) in [5.74, 6) is -4.63. The molecule has 0 bridgehead atoms. The first-order valence-corrected chi connectivity index (χ1v) is 9.04. The monoisotopic (exact) mass is 366 g/mol. The van der Waals surface area contributed by atoms with Crippen LogP contribution in [0, 0.1) is 29.2 Å². The highest BCUT2D eigenvalue weighted by Crippen LogP contribution is 2.37. The first-order valence-electron chi connectivity index (χ1n) is 9.04. The molecular formula is C21H22F4O. The number of halogens is 4. The van der Waals surface area contributed by atoms with Crippen LogP contribution in [0.1, 0.15) is 56.1 Å². The van der Waals surface area contributed by atoms with E-state index in [0.29, 0.717) is 17.7 Å². The highest BCUT2D eigenvalue weighted by molar-refractivity contribution is 5.30. The van der Waals surface area contributed by atoms with Crippen LogP contribution in [0.4, 0.5) is 17.6 Å². The van der Waals surface area contributed by atoms with Crippen LogP contribution in [0.2, 0.25) is 0 Å². The standard InChI is InChI=1S/C21H22F4O/c1-2-13-3-5-14(6-4-13)15-7-9-17(10-8-15)26-12-16-11-18(22)20(24)21(25)19(16)23/h7-11,13-14H,2-6,12H2,1H3/t13-,14-. The molecule has 0 amide bonds. The largest absolute Gasteiger partial charge is 0.489 e. The maximum atomic E-state index is 13.7. The third-order valence-electron chi connectivity index (χ3n) is 5.35. The summed E-state index contributed by atoms with van der Waals surface area (Å²) in [6.07, 6.45) is 6.09. The molecule has 140 valence electrons. The number of hydrogen-bond donors (Lipinski definition) is 0. The minimum atomic E-state index is -1.82. The predicted molar refractivity (Wildman–Crippen MR) is 92.0 cm³/mol. The van der Waals surface area contributed by atoms with Crippen molar-refractivity contribution >= 4 is 0 Å². The van der Waals surface area contributed by atoms with Gasteiger partial charge in [-0.3, -0.25) is 0 Å². The summed E-state index contributed by atoms with van der Waals surface area (Å²) >= 11 is 0. The van der Waals surface area contributed by atoms with E-state index in [1.807, 2.05) is 12.1 Å². The van der Waals surface area contributed by atoms with Crippen molar-refractivity contribution in [1.82, 2.24) is 0 Å². The number of ether oxygens (including phenoxy) is 1. The molecular weight excluding hydrogens is 344 g/mol. The summed E-state index contributed by atoms with van der Waals surface area (Å²) in [5, 5.41) is 0. The zero-order chi connectivity index (χ0) is 18.7. The fourth-order valence-electron chi connectivity index (χ4n) is 3.63. The summed E-state index contributed by atoms with van der Waals surface area (Å²) in [6, 6.07) is 8.13. The van der Waals surface area contributed by atoms with E-state index in [1.165, 1.54) is 37.7 Å². The molecule has 2 aromatic rings. The minimum Gasteiger partial charge on any atom is -0.489 e. The summed E-state index contributed by atoms with van der Waals surface area (Å²) in [5.41, 5.74) is 0.889. The Morgan fingerprint density at radius 2 is 1.54 bits per heavy atom. The topological polar surface area (TPSA) is 9.23 Å². The molecule has 0 atom stereocenters. The Bertz CT molecular complexity index is 750. The highest BCUT2D eigenvalue weighted by Gasteiger charge is 2.21. The molecule has 1 aliphatic carbocycles. The summed E-state index contributed by atoms with van der Waals surface area (Å²) in [4.78, 5) is 0. The molecule has 0 spiro atoms. The van der Waals surface area contributed by atoms with Gasteiger partial charge in [0.15, 0.2) is 23.3 Å². The third-order valence-corrected chi connectivity index (χ3v) is 5.35. The summed E-state index contributed by atoms with van der Waals surface area (Å²) in [6.45, 7) is 1.86. The fourth-order valence-corrected chi connectivity index (χ4v) is 3.63. The number of benzene rings is 2. The van der Waals surface area contributed by atoms with Gasteiger partial charge in [0.25, 0.3) is 0 Å². The quantitative estimate of drug-likeness (QED) is 0.333.